The van der Waals surface area contributed by atoms with E-state index in [1.54, 1.807) is 0 Å². The Morgan fingerprint density at radius 2 is 2.06 bits per heavy atom. The summed E-state index contributed by atoms with van der Waals surface area (Å²) in [7, 11) is 0. The Morgan fingerprint density at radius 3 is 2.67 bits per heavy atom. The zero-order chi connectivity index (χ0) is 13.2. The maximum absolute atomic E-state index is 9.12. The number of rotatable bonds is 8. The van der Waals surface area contributed by atoms with Crippen molar-refractivity contribution in [2.24, 2.45) is 0 Å². The summed E-state index contributed by atoms with van der Waals surface area (Å²) in [6.45, 7) is 0.356. The molecule has 0 heterocycles. The lowest BCUT2D eigenvalue weighted by Crippen LogP contribution is -2.15. The Balaban J connectivity index is 2.17. The van der Waals surface area contributed by atoms with Gasteiger partial charge in [-0.1, -0.05) is 12.1 Å². The lowest BCUT2D eigenvalue weighted by Gasteiger charge is -2.08. The number of benzene rings is 1. The van der Waals surface area contributed by atoms with Gasteiger partial charge in [-0.2, -0.15) is 17.0 Å². The van der Waals surface area contributed by atoms with E-state index in [1.165, 1.54) is 11.8 Å². The summed E-state index contributed by atoms with van der Waals surface area (Å²) < 4.78 is 5.51. The van der Waals surface area contributed by atoms with Gasteiger partial charge >= 0.3 is 0 Å². The molecule has 1 aromatic rings. The van der Waals surface area contributed by atoms with Crippen LogP contribution in [0.2, 0.25) is 0 Å². The van der Waals surface area contributed by atoms with Gasteiger partial charge in [0.25, 0.3) is 0 Å². The molecular formula is C13H17NO3S. The molecule has 0 saturated carbocycles. The second-order valence-corrected chi connectivity index (χ2v) is 4.89. The van der Waals surface area contributed by atoms with E-state index in [0.717, 1.165) is 17.1 Å². The summed E-state index contributed by atoms with van der Waals surface area (Å²) in [5, 5.41) is 26.3. The second-order valence-electron chi connectivity index (χ2n) is 3.74. The number of thioether (sulfide) groups is 1. The molecule has 0 amide bonds. The van der Waals surface area contributed by atoms with Crippen LogP contribution in [0.5, 0.6) is 5.75 Å². The number of aliphatic hydroxyl groups is 2. The molecule has 0 bridgehead atoms. The SMILES string of the molecule is N#CCc1ccc(OCCSCC(O)CO)cc1. The van der Waals surface area contributed by atoms with Crippen LogP contribution in [0.15, 0.2) is 24.3 Å². The van der Waals surface area contributed by atoms with Crippen LogP contribution >= 0.6 is 11.8 Å². The first-order valence-corrected chi connectivity index (χ1v) is 6.87. The van der Waals surface area contributed by atoms with Gasteiger partial charge in [-0.3, -0.25) is 0 Å². The predicted octanol–water partition coefficient (Wildman–Crippen LogP) is 1.22. The highest BCUT2D eigenvalue weighted by molar-refractivity contribution is 7.99. The van der Waals surface area contributed by atoms with E-state index in [0.29, 0.717) is 18.8 Å². The van der Waals surface area contributed by atoms with Crippen molar-refractivity contribution in [3.63, 3.8) is 0 Å². The Kier molecular flexibility index (Phi) is 7.26. The van der Waals surface area contributed by atoms with Crippen molar-refractivity contribution in [2.75, 3.05) is 24.7 Å². The average Bonchev–Trinajstić information content (AvgIpc) is 2.40. The highest BCUT2D eigenvalue weighted by atomic mass is 32.2. The van der Waals surface area contributed by atoms with Crippen LogP contribution in [0, 0.1) is 11.3 Å². The van der Waals surface area contributed by atoms with Crippen molar-refractivity contribution in [1.29, 1.82) is 5.26 Å². The third-order valence-electron chi connectivity index (χ3n) is 2.22. The van der Waals surface area contributed by atoms with Crippen LogP contribution in [-0.2, 0) is 6.42 Å². The van der Waals surface area contributed by atoms with Crippen molar-refractivity contribution in [2.45, 2.75) is 12.5 Å². The van der Waals surface area contributed by atoms with E-state index in [1.807, 2.05) is 24.3 Å². The molecule has 1 aromatic carbocycles. The fourth-order valence-corrected chi connectivity index (χ4v) is 2.03. The predicted molar refractivity (Wildman–Crippen MR) is 71.7 cm³/mol. The van der Waals surface area contributed by atoms with Gasteiger partial charge < -0.3 is 14.9 Å². The quantitative estimate of drug-likeness (QED) is 0.693. The van der Waals surface area contributed by atoms with Gasteiger partial charge in [0.05, 0.1) is 31.8 Å². The minimum atomic E-state index is -0.653. The fourth-order valence-electron chi connectivity index (χ4n) is 1.29. The third-order valence-corrected chi connectivity index (χ3v) is 3.30. The first kappa shape index (κ1) is 14.8. The Bertz CT molecular complexity index is 375. The molecule has 5 heteroatoms. The molecule has 98 valence electrons. The first-order chi connectivity index (χ1) is 8.76. The maximum atomic E-state index is 9.12. The lowest BCUT2D eigenvalue weighted by atomic mass is 10.2. The highest BCUT2D eigenvalue weighted by Gasteiger charge is 2.01. The number of hydrogen-bond donors (Lipinski definition) is 2. The molecule has 0 fully saturated rings. The van der Waals surface area contributed by atoms with Gasteiger partial charge in [0.1, 0.15) is 5.75 Å². The number of aliphatic hydroxyl groups excluding tert-OH is 2. The fraction of sp³-hybridized carbons (Fsp3) is 0.462. The summed E-state index contributed by atoms with van der Waals surface area (Å²) >= 11 is 1.54. The Labute approximate surface area is 111 Å². The zero-order valence-corrected chi connectivity index (χ0v) is 10.9. The smallest absolute Gasteiger partial charge is 0.119 e. The summed E-state index contributed by atoms with van der Waals surface area (Å²) in [5.74, 6) is 2.05. The number of nitriles is 1. The lowest BCUT2D eigenvalue weighted by molar-refractivity contribution is 0.113. The summed E-state index contributed by atoms with van der Waals surface area (Å²) in [5.41, 5.74) is 0.977. The van der Waals surface area contributed by atoms with Gasteiger partial charge in [0, 0.05) is 11.5 Å². The largest absolute Gasteiger partial charge is 0.493 e. The maximum Gasteiger partial charge on any atom is 0.119 e. The number of ether oxygens (including phenoxy) is 1. The molecule has 0 aromatic heterocycles. The minimum Gasteiger partial charge on any atom is -0.493 e. The zero-order valence-electron chi connectivity index (χ0n) is 10.1. The monoisotopic (exact) mass is 267 g/mol. The molecule has 0 saturated heterocycles. The van der Waals surface area contributed by atoms with Crippen molar-refractivity contribution >= 4 is 11.8 Å². The molecule has 0 radical (unpaired) electrons. The summed E-state index contributed by atoms with van der Waals surface area (Å²) in [6, 6.07) is 9.54. The van der Waals surface area contributed by atoms with Gasteiger partial charge in [-0.15, -0.1) is 0 Å². The van der Waals surface area contributed by atoms with Crippen LogP contribution < -0.4 is 4.74 Å². The summed E-state index contributed by atoms with van der Waals surface area (Å²) in [4.78, 5) is 0. The van der Waals surface area contributed by atoms with Gasteiger partial charge in [-0.05, 0) is 17.7 Å². The second kappa shape index (κ2) is 8.81. The van der Waals surface area contributed by atoms with E-state index in [4.69, 9.17) is 20.2 Å². The molecule has 0 aliphatic heterocycles. The van der Waals surface area contributed by atoms with Gasteiger partial charge in [-0.25, -0.2) is 0 Å². The molecule has 0 aliphatic carbocycles. The van der Waals surface area contributed by atoms with E-state index in [-0.39, 0.29) is 6.61 Å². The van der Waals surface area contributed by atoms with E-state index in [2.05, 4.69) is 6.07 Å². The van der Waals surface area contributed by atoms with Gasteiger partial charge in [0.2, 0.25) is 0 Å². The van der Waals surface area contributed by atoms with E-state index >= 15 is 0 Å². The average molecular weight is 267 g/mol. The topological polar surface area (TPSA) is 73.5 Å². The highest BCUT2D eigenvalue weighted by Crippen LogP contribution is 2.13. The van der Waals surface area contributed by atoms with Crippen LogP contribution in [0.25, 0.3) is 0 Å². The molecule has 0 spiro atoms. The molecule has 1 unspecified atom stereocenters. The number of nitrogens with zero attached hydrogens (tertiary/aromatic N) is 1. The van der Waals surface area contributed by atoms with Crippen molar-refractivity contribution in [1.82, 2.24) is 0 Å². The standard InChI is InChI=1S/C13H17NO3S/c14-6-5-11-1-3-13(4-2-11)17-7-8-18-10-12(16)9-15/h1-4,12,15-16H,5,7-10H2. The van der Waals surface area contributed by atoms with Crippen LogP contribution in [0.4, 0.5) is 0 Å². The molecule has 1 rings (SSSR count). The molecular weight excluding hydrogens is 250 g/mol. The first-order valence-electron chi connectivity index (χ1n) is 5.71. The molecule has 18 heavy (non-hydrogen) atoms. The van der Waals surface area contributed by atoms with Crippen LogP contribution in [-0.4, -0.2) is 41.0 Å². The number of hydrogen-bond acceptors (Lipinski definition) is 5. The van der Waals surface area contributed by atoms with E-state index in [9.17, 15) is 0 Å². The summed E-state index contributed by atoms with van der Waals surface area (Å²) in [6.07, 6.45) is -0.241. The molecule has 1 atom stereocenters. The van der Waals surface area contributed by atoms with Crippen molar-refractivity contribution in [3.05, 3.63) is 29.8 Å². The van der Waals surface area contributed by atoms with Crippen LogP contribution in [0.1, 0.15) is 5.56 Å². The minimum absolute atomic E-state index is 0.200. The molecule has 2 N–H and O–H groups in total. The Morgan fingerprint density at radius 1 is 1.33 bits per heavy atom. The Hall–Kier alpha value is -1.22. The molecule has 4 nitrogen and oxygen atoms in total. The van der Waals surface area contributed by atoms with Crippen LogP contribution in [0.3, 0.4) is 0 Å². The third kappa shape index (κ3) is 5.92. The molecule has 0 aliphatic rings. The van der Waals surface area contributed by atoms with Crippen molar-refractivity contribution in [3.8, 4) is 11.8 Å². The normalized spacial score (nSPS) is 11.8. The van der Waals surface area contributed by atoms with Gasteiger partial charge in [0.15, 0.2) is 0 Å². The van der Waals surface area contributed by atoms with E-state index < -0.39 is 6.10 Å². The van der Waals surface area contributed by atoms with Crippen molar-refractivity contribution < 1.29 is 14.9 Å².